The Balaban J connectivity index is 3.89. The average Bonchev–Trinajstić information content (AvgIpc) is 2.18. The van der Waals surface area contributed by atoms with Gasteiger partial charge in [-0.15, -0.1) is 0 Å². The zero-order valence-corrected chi connectivity index (χ0v) is 9.35. The van der Waals surface area contributed by atoms with Crippen molar-refractivity contribution >= 4 is 10.1 Å². The molecule has 0 radical (unpaired) electrons. The summed E-state index contributed by atoms with van der Waals surface area (Å²) in [6.45, 7) is 0. The van der Waals surface area contributed by atoms with E-state index in [1.54, 1.807) is 0 Å². The van der Waals surface area contributed by atoms with Crippen LogP contribution in [0.4, 0.5) is 43.9 Å². The van der Waals surface area contributed by atoms with Crippen molar-refractivity contribution in [1.29, 1.82) is 0 Å². The largest absolute Gasteiger partial charge is 0.402 e. The summed E-state index contributed by atoms with van der Waals surface area (Å²) in [6.07, 6.45) is -6.81. The van der Waals surface area contributed by atoms with Gasteiger partial charge in [0, 0.05) is 0 Å². The Labute approximate surface area is 103 Å². The summed E-state index contributed by atoms with van der Waals surface area (Å²) < 4.78 is 156. The third kappa shape index (κ3) is 1.60. The molecule has 1 aliphatic rings. The molecule has 0 spiro atoms. The minimum Gasteiger partial charge on any atom is -0.283 e. The second kappa shape index (κ2) is 3.69. The first-order chi connectivity index (χ1) is 8.37. The molecule has 3 nitrogen and oxygen atoms in total. The highest BCUT2D eigenvalue weighted by Crippen LogP contribution is 2.69. The van der Waals surface area contributed by atoms with Crippen LogP contribution in [-0.2, 0) is 10.1 Å². The average molecular weight is 344 g/mol. The van der Waals surface area contributed by atoms with Crippen molar-refractivity contribution < 1.29 is 56.9 Å². The van der Waals surface area contributed by atoms with Crippen LogP contribution in [0.5, 0.6) is 0 Å². The molecule has 1 N–H and O–H groups in total. The Bertz CT molecular complexity index is 522. The van der Waals surface area contributed by atoms with Gasteiger partial charge in [-0.2, -0.15) is 47.9 Å². The first-order valence-corrected chi connectivity index (χ1v) is 5.67. The van der Waals surface area contributed by atoms with Crippen LogP contribution in [0.3, 0.4) is 0 Å². The number of hydrogen-bond acceptors (Lipinski definition) is 2. The lowest BCUT2D eigenvalue weighted by Gasteiger charge is -2.29. The van der Waals surface area contributed by atoms with Crippen LogP contribution in [0.15, 0.2) is 0 Å². The fourth-order valence-electron chi connectivity index (χ4n) is 1.75. The van der Waals surface area contributed by atoms with E-state index >= 15 is 0 Å². The molecular formula is C6H2F10O3S. The molecule has 2 unspecified atom stereocenters. The van der Waals surface area contributed by atoms with Gasteiger partial charge in [0.25, 0.3) is 0 Å². The molecule has 1 saturated carbocycles. The van der Waals surface area contributed by atoms with Crippen molar-refractivity contribution in [2.45, 2.75) is 28.9 Å². The molecule has 120 valence electrons. The van der Waals surface area contributed by atoms with Gasteiger partial charge >= 0.3 is 39.1 Å². The van der Waals surface area contributed by atoms with Gasteiger partial charge in [-0.1, -0.05) is 0 Å². The lowest BCUT2D eigenvalue weighted by Crippen LogP contribution is -2.57. The summed E-state index contributed by atoms with van der Waals surface area (Å²) in [5.41, 5.74) is 0. The Morgan fingerprint density at radius 3 is 1.40 bits per heavy atom. The molecule has 0 aromatic rings. The molecular weight excluding hydrogens is 342 g/mol. The van der Waals surface area contributed by atoms with Crippen molar-refractivity contribution in [3.63, 3.8) is 0 Å². The zero-order chi connectivity index (χ0) is 16.6. The molecule has 0 bridgehead atoms. The SMILES string of the molecule is O=S(=O)(O)C1(F)C(C(F)(F)F)C(F)(F)C(F)(F)C1(F)F. The van der Waals surface area contributed by atoms with Gasteiger partial charge in [-0.3, -0.25) is 4.55 Å². The standard InChI is InChI=1S/C6H2F10O3S/c7-2(8)1(4(10,11)12)3(9,20(17,18)19)6(15,16)5(2,13)14/h1H,(H,17,18,19). The molecule has 1 aliphatic carbocycles. The van der Waals surface area contributed by atoms with Gasteiger partial charge in [0.2, 0.25) is 0 Å². The summed E-state index contributed by atoms with van der Waals surface area (Å²) in [5.74, 6) is -26.5. The zero-order valence-electron chi connectivity index (χ0n) is 8.53. The Kier molecular flexibility index (Phi) is 3.19. The van der Waals surface area contributed by atoms with Gasteiger partial charge in [-0.05, 0) is 0 Å². The van der Waals surface area contributed by atoms with Crippen LogP contribution in [0.1, 0.15) is 0 Å². The van der Waals surface area contributed by atoms with E-state index in [0.717, 1.165) is 0 Å². The molecule has 0 aliphatic heterocycles. The van der Waals surface area contributed by atoms with Crippen LogP contribution >= 0.6 is 0 Å². The normalized spacial score (nSPS) is 36.0. The maximum atomic E-state index is 13.5. The van der Waals surface area contributed by atoms with E-state index in [4.69, 9.17) is 4.55 Å². The van der Waals surface area contributed by atoms with Crippen molar-refractivity contribution in [3.05, 3.63) is 0 Å². The molecule has 1 rings (SSSR count). The number of halogens is 10. The highest BCUT2D eigenvalue weighted by molar-refractivity contribution is 7.87. The molecule has 0 amide bonds. The lowest BCUT2D eigenvalue weighted by molar-refractivity contribution is -0.301. The number of alkyl halides is 10. The van der Waals surface area contributed by atoms with Crippen molar-refractivity contribution in [2.24, 2.45) is 5.92 Å². The molecule has 2 atom stereocenters. The van der Waals surface area contributed by atoms with Crippen LogP contribution in [0, 0.1) is 5.92 Å². The first kappa shape index (κ1) is 17.3. The monoisotopic (exact) mass is 344 g/mol. The maximum Gasteiger partial charge on any atom is 0.402 e. The third-order valence-corrected chi connectivity index (χ3v) is 3.92. The van der Waals surface area contributed by atoms with E-state index in [9.17, 15) is 52.3 Å². The third-order valence-electron chi connectivity index (χ3n) is 2.68. The van der Waals surface area contributed by atoms with E-state index in [2.05, 4.69) is 0 Å². The predicted molar refractivity (Wildman–Crippen MR) is 39.8 cm³/mol. The van der Waals surface area contributed by atoms with Crippen LogP contribution < -0.4 is 0 Å². The maximum absolute atomic E-state index is 13.5. The van der Waals surface area contributed by atoms with Gasteiger partial charge < -0.3 is 0 Å². The Morgan fingerprint density at radius 1 is 0.850 bits per heavy atom. The highest BCUT2D eigenvalue weighted by atomic mass is 32.2. The van der Waals surface area contributed by atoms with Crippen LogP contribution in [-0.4, -0.2) is 41.9 Å². The fourth-order valence-corrected chi connectivity index (χ4v) is 2.78. The Hall–Kier alpha value is -0.790. The van der Waals surface area contributed by atoms with Gasteiger partial charge in [0.15, 0.2) is 5.92 Å². The van der Waals surface area contributed by atoms with Gasteiger partial charge in [0.05, 0.1) is 0 Å². The molecule has 0 heterocycles. The minimum atomic E-state index is -7.28. The van der Waals surface area contributed by atoms with Crippen molar-refractivity contribution in [1.82, 2.24) is 0 Å². The van der Waals surface area contributed by atoms with Crippen LogP contribution in [0.2, 0.25) is 0 Å². The molecule has 1 fully saturated rings. The second-order valence-electron chi connectivity index (χ2n) is 3.87. The van der Waals surface area contributed by atoms with Gasteiger partial charge in [0.1, 0.15) is 0 Å². The van der Waals surface area contributed by atoms with Gasteiger partial charge in [-0.25, -0.2) is 4.39 Å². The minimum absolute atomic E-state index is 5.65. The van der Waals surface area contributed by atoms with E-state index in [-0.39, 0.29) is 0 Å². The summed E-state index contributed by atoms with van der Waals surface area (Å²) in [5, 5.41) is -6.63. The summed E-state index contributed by atoms with van der Waals surface area (Å²) >= 11 is 0. The van der Waals surface area contributed by atoms with E-state index < -0.39 is 45.0 Å². The van der Waals surface area contributed by atoms with E-state index in [0.29, 0.717) is 0 Å². The van der Waals surface area contributed by atoms with E-state index in [1.807, 2.05) is 0 Å². The number of rotatable bonds is 1. The Morgan fingerprint density at radius 2 is 1.20 bits per heavy atom. The second-order valence-corrected chi connectivity index (χ2v) is 5.41. The molecule has 0 aromatic carbocycles. The molecule has 20 heavy (non-hydrogen) atoms. The number of hydrogen-bond donors (Lipinski definition) is 1. The lowest BCUT2D eigenvalue weighted by atomic mass is 10.0. The van der Waals surface area contributed by atoms with Crippen molar-refractivity contribution in [3.8, 4) is 0 Å². The first-order valence-electron chi connectivity index (χ1n) is 4.23. The smallest absolute Gasteiger partial charge is 0.283 e. The highest BCUT2D eigenvalue weighted by Gasteiger charge is 2.99. The topological polar surface area (TPSA) is 54.4 Å². The molecule has 0 saturated heterocycles. The molecule has 0 aromatic heterocycles. The van der Waals surface area contributed by atoms with Crippen molar-refractivity contribution in [2.75, 3.05) is 0 Å². The quantitative estimate of drug-likeness (QED) is 0.588. The summed E-state index contributed by atoms with van der Waals surface area (Å²) in [4.78, 5) is 0. The molecule has 14 heteroatoms. The van der Waals surface area contributed by atoms with Crippen LogP contribution in [0.25, 0.3) is 0 Å². The summed E-state index contributed by atoms with van der Waals surface area (Å²) in [7, 11) is -7.28. The van der Waals surface area contributed by atoms with E-state index in [1.165, 1.54) is 0 Å². The summed E-state index contributed by atoms with van der Waals surface area (Å²) in [6, 6.07) is 0. The predicted octanol–water partition coefficient (Wildman–Crippen LogP) is 2.64. The fraction of sp³-hybridized carbons (Fsp3) is 1.00.